The molecule has 1 heterocycles. The number of carbonyl (C=O) groups excluding carboxylic acids is 1. The average molecular weight is 252 g/mol. The van der Waals surface area contributed by atoms with Crippen molar-refractivity contribution in [2.45, 2.75) is 38.8 Å². The van der Waals surface area contributed by atoms with Crippen molar-refractivity contribution in [1.82, 2.24) is 4.98 Å². The summed E-state index contributed by atoms with van der Waals surface area (Å²) in [6.45, 7) is 5.47. The second-order valence-electron chi connectivity index (χ2n) is 5.03. The van der Waals surface area contributed by atoms with Crippen LogP contribution >= 0.6 is 0 Å². The number of nitrogens with zero attached hydrogens (tertiary/aromatic N) is 1. The van der Waals surface area contributed by atoms with Gasteiger partial charge in [0, 0.05) is 18.3 Å². The van der Waals surface area contributed by atoms with Crippen LogP contribution in [-0.4, -0.2) is 23.7 Å². The van der Waals surface area contributed by atoms with E-state index in [1.807, 2.05) is 20.8 Å². The zero-order valence-corrected chi connectivity index (χ0v) is 11.3. The number of rotatable bonds is 4. The number of hydrogen-bond acceptors (Lipinski definition) is 5. The summed E-state index contributed by atoms with van der Waals surface area (Å²) in [7, 11) is 1.54. The molecular formula is C13H20N2O3. The first-order chi connectivity index (χ1) is 8.31. The largest absolute Gasteiger partial charge is 0.481 e. The Kier molecular flexibility index (Phi) is 4.67. The van der Waals surface area contributed by atoms with E-state index in [2.05, 4.69) is 4.98 Å². The van der Waals surface area contributed by atoms with Gasteiger partial charge in [-0.25, -0.2) is 4.98 Å². The first kappa shape index (κ1) is 14.4. The Morgan fingerprint density at radius 1 is 1.44 bits per heavy atom. The second kappa shape index (κ2) is 5.82. The van der Waals surface area contributed by atoms with Crippen LogP contribution < -0.4 is 10.5 Å². The molecule has 0 aliphatic carbocycles. The number of pyridine rings is 1. The zero-order valence-electron chi connectivity index (χ0n) is 11.3. The molecule has 0 saturated heterocycles. The fourth-order valence-electron chi connectivity index (χ4n) is 1.41. The van der Waals surface area contributed by atoms with Crippen LogP contribution in [0.3, 0.4) is 0 Å². The Hall–Kier alpha value is -1.62. The Morgan fingerprint density at radius 2 is 2.11 bits per heavy atom. The minimum atomic E-state index is -0.491. The number of ether oxygens (including phenoxy) is 2. The van der Waals surface area contributed by atoms with Gasteiger partial charge in [-0.1, -0.05) is 6.07 Å². The fourth-order valence-corrected chi connectivity index (χ4v) is 1.41. The van der Waals surface area contributed by atoms with E-state index in [1.54, 1.807) is 25.4 Å². The number of esters is 1. The highest BCUT2D eigenvalue weighted by Gasteiger charge is 2.19. The molecule has 0 fully saturated rings. The summed E-state index contributed by atoms with van der Waals surface area (Å²) >= 11 is 0. The van der Waals surface area contributed by atoms with E-state index in [4.69, 9.17) is 15.2 Å². The summed E-state index contributed by atoms with van der Waals surface area (Å²) in [5, 5.41) is 0. The molecule has 5 nitrogen and oxygen atoms in total. The normalized spacial score (nSPS) is 12.9. The third-order valence-corrected chi connectivity index (χ3v) is 2.20. The van der Waals surface area contributed by atoms with E-state index >= 15 is 0 Å². The Labute approximate surface area is 107 Å². The van der Waals surface area contributed by atoms with E-state index in [9.17, 15) is 4.79 Å². The minimum absolute atomic E-state index is 0.130. The van der Waals surface area contributed by atoms with Crippen LogP contribution in [0.15, 0.2) is 18.3 Å². The molecule has 0 amide bonds. The van der Waals surface area contributed by atoms with Gasteiger partial charge in [0.25, 0.3) is 0 Å². The van der Waals surface area contributed by atoms with Gasteiger partial charge in [0.15, 0.2) is 0 Å². The quantitative estimate of drug-likeness (QED) is 0.827. The Morgan fingerprint density at radius 3 is 2.56 bits per heavy atom. The van der Waals surface area contributed by atoms with Crippen LogP contribution in [-0.2, 0) is 9.53 Å². The van der Waals surface area contributed by atoms with Crippen molar-refractivity contribution in [1.29, 1.82) is 0 Å². The molecular weight excluding hydrogens is 232 g/mol. The zero-order chi connectivity index (χ0) is 13.8. The molecule has 5 heteroatoms. The molecule has 1 aromatic rings. The molecule has 0 aliphatic rings. The van der Waals surface area contributed by atoms with Gasteiger partial charge >= 0.3 is 5.97 Å². The number of nitrogens with two attached hydrogens (primary N) is 1. The summed E-state index contributed by atoms with van der Waals surface area (Å²) in [5.41, 5.74) is 6.21. The molecule has 0 radical (unpaired) electrons. The van der Waals surface area contributed by atoms with Crippen molar-refractivity contribution < 1.29 is 14.3 Å². The predicted octanol–water partition coefficient (Wildman–Crippen LogP) is 1.82. The number of aromatic nitrogens is 1. The summed E-state index contributed by atoms with van der Waals surface area (Å²) in [5.74, 6) is 0.203. The number of carbonyl (C=O) groups is 1. The van der Waals surface area contributed by atoms with Crippen LogP contribution in [0.1, 0.15) is 38.8 Å². The van der Waals surface area contributed by atoms with Crippen molar-refractivity contribution in [2.75, 3.05) is 7.11 Å². The fraction of sp³-hybridized carbons (Fsp3) is 0.538. The molecule has 0 saturated carbocycles. The van der Waals surface area contributed by atoms with Crippen LogP contribution in [0.2, 0.25) is 0 Å². The molecule has 0 aliphatic heterocycles. The molecule has 1 rings (SSSR count). The maximum atomic E-state index is 11.6. The second-order valence-corrected chi connectivity index (χ2v) is 5.03. The van der Waals surface area contributed by atoms with Gasteiger partial charge in [-0.15, -0.1) is 0 Å². The van der Waals surface area contributed by atoms with Crippen LogP contribution in [0.25, 0.3) is 0 Å². The summed E-state index contributed by atoms with van der Waals surface area (Å²) in [6, 6.07) is 3.09. The third kappa shape index (κ3) is 4.71. The molecule has 18 heavy (non-hydrogen) atoms. The lowest BCUT2D eigenvalue weighted by molar-refractivity contribution is -0.155. The summed E-state index contributed by atoms with van der Waals surface area (Å²) < 4.78 is 10.2. The van der Waals surface area contributed by atoms with E-state index in [0.717, 1.165) is 5.56 Å². The lowest BCUT2D eigenvalue weighted by Gasteiger charge is -2.21. The first-order valence-corrected chi connectivity index (χ1v) is 5.79. The smallest absolute Gasteiger partial charge is 0.308 e. The predicted molar refractivity (Wildman–Crippen MR) is 68.2 cm³/mol. The van der Waals surface area contributed by atoms with Gasteiger partial charge in [0.1, 0.15) is 5.60 Å². The molecule has 1 aromatic heterocycles. The third-order valence-electron chi connectivity index (χ3n) is 2.20. The monoisotopic (exact) mass is 252 g/mol. The van der Waals surface area contributed by atoms with Gasteiger partial charge in [-0.3, -0.25) is 4.79 Å². The topological polar surface area (TPSA) is 74.4 Å². The van der Waals surface area contributed by atoms with E-state index in [-0.39, 0.29) is 12.4 Å². The molecule has 100 valence electrons. The van der Waals surface area contributed by atoms with Crippen molar-refractivity contribution in [3.05, 3.63) is 23.9 Å². The van der Waals surface area contributed by atoms with Crippen LogP contribution in [0.4, 0.5) is 0 Å². The van der Waals surface area contributed by atoms with Gasteiger partial charge < -0.3 is 15.2 Å². The number of methoxy groups -OCH3 is 1. The highest BCUT2D eigenvalue weighted by Crippen LogP contribution is 2.18. The molecule has 0 spiro atoms. The summed E-state index contributed by atoms with van der Waals surface area (Å²) in [4.78, 5) is 15.7. The molecule has 2 N–H and O–H groups in total. The van der Waals surface area contributed by atoms with Gasteiger partial charge in [-0.2, -0.15) is 0 Å². The molecule has 0 unspecified atom stereocenters. The Balaban J connectivity index is 2.59. The lowest BCUT2D eigenvalue weighted by Crippen LogP contribution is -2.26. The highest BCUT2D eigenvalue weighted by atomic mass is 16.6. The maximum Gasteiger partial charge on any atom is 0.308 e. The van der Waals surface area contributed by atoms with Crippen molar-refractivity contribution >= 4 is 5.97 Å². The molecule has 0 bridgehead atoms. The SMILES string of the molecule is COc1ccc([C@H](N)CC(=O)OC(C)(C)C)cn1. The van der Waals surface area contributed by atoms with Gasteiger partial charge in [0.05, 0.1) is 13.5 Å². The number of hydrogen-bond donors (Lipinski definition) is 1. The van der Waals surface area contributed by atoms with E-state index < -0.39 is 11.6 Å². The van der Waals surface area contributed by atoms with Crippen molar-refractivity contribution in [3.8, 4) is 5.88 Å². The molecule has 1 atom stereocenters. The maximum absolute atomic E-state index is 11.6. The van der Waals surface area contributed by atoms with Crippen LogP contribution in [0.5, 0.6) is 5.88 Å². The average Bonchev–Trinajstić information content (AvgIpc) is 2.26. The van der Waals surface area contributed by atoms with Crippen LogP contribution in [0, 0.1) is 0 Å². The lowest BCUT2D eigenvalue weighted by atomic mass is 10.1. The molecule has 0 aromatic carbocycles. The Bertz CT molecular complexity index is 396. The first-order valence-electron chi connectivity index (χ1n) is 5.79. The van der Waals surface area contributed by atoms with Crippen molar-refractivity contribution in [3.63, 3.8) is 0 Å². The van der Waals surface area contributed by atoms with Gasteiger partial charge in [0.2, 0.25) is 5.88 Å². The highest BCUT2D eigenvalue weighted by molar-refractivity contribution is 5.70. The van der Waals surface area contributed by atoms with E-state index in [1.165, 1.54) is 0 Å². The minimum Gasteiger partial charge on any atom is -0.481 e. The summed E-state index contributed by atoms with van der Waals surface area (Å²) in [6.07, 6.45) is 1.74. The van der Waals surface area contributed by atoms with Gasteiger partial charge in [-0.05, 0) is 26.3 Å². The standard InChI is InChI=1S/C13H20N2O3/c1-13(2,3)18-12(16)7-10(14)9-5-6-11(17-4)15-8-9/h5-6,8,10H,7,14H2,1-4H3/t10-/m1/s1. The van der Waals surface area contributed by atoms with E-state index in [0.29, 0.717) is 5.88 Å². The van der Waals surface area contributed by atoms with Crippen molar-refractivity contribution in [2.24, 2.45) is 5.73 Å².